The molecular weight excluding hydrogens is 178 g/mol. The van der Waals surface area contributed by atoms with E-state index < -0.39 is 0 Å². The Bertz CT molecular complexity index is 231. The Morgan fingerprint density at radius 3 is 2.93 bits per heavy atom. The normalized spacial score (nSPS) is 35.6. The molecule has 2 aliphatic rings. The summed E-state index contributed by atoms with van der Waals surface area (Å²) >= 11 is 0. The van der Waals surface area contributed by atoms with Gasteiger partial charge in [-0.2, -0.15) is 0 Å². The second kappa shape index (κ2) is 3.77. The first-order valence-corrected chi connectivity index (χ1v) is 5.52. The number of urea groups is 1. The van der Waals surface area contributed by atoms with E-state index in [1.54, 1.807) is 4.90 Å². The van der Waals surface area contributed by atoms with E-state index in [9.17, 15) is 4.79 Å². The third-order valence-electron chi connectivity index (χ3n) is 3.56. The summed E-state index contributed by atoms with van der Waals surface area (Å²) in [6.45, 7) is 5.02. The Morgan fingerprint density at radius 2 is 2.29 bits per heavy atom. The smallest absolute Gasteiger partial charge is 0.316 e. The van der Waals surface area contributed by atoms with Crippen LogP contribution in [-0.2, 0) is 0 Å². The maximum Gasteiger partial charge on any atom is 0.316 e. The molecule has 80 valence electrons. The van der Waals surface area contributed by atoms with Gasteiger partial charge in [-0.3, -0.25) is 4.90 Å². The zero-order valence-electron chi connectivity index (χ0n) is 8.78. The van der Waals surface area contributed by atoms with Gasteiger partial charge in [0.25, 0.3) is 0 Å². The number of rotatable bonds is 2. The van der Waals surface area contributed by atoms with Crippen molar-refractivity contribution in [2.75, 3.05) is 19.6 Å². The zero-order chi connectivity index (χ0) is 10.1. The maximum atomic E-state index is 11.2. The van der Waals surface area contributed by atoms with E-state index in [2.05, 4.69) is 4.90 Å². The number of carbonyl (C=O) groups is 1. The van der Waals surface area contributed by atoms with Crippen molar-refractivity contribution in [3.05, 3.63) is 0 Å². The first-order chi connectivity index (χ1) is 6.72. The zero-order valence-corrected chi connectivity index (χ0v) is 8.78. The minimum Gasteiger partial charge on any atom is -0.351 e. The fourth-order valence-electron chi connectivity index (χ4n) is 2.80. The molecule has 2 amide bonds. The van der Waals surface area contributed by atoms with E-state index in [1.165, 1.54) is 12.8 Å². The molecule has 2 fully saturated rings. The van der Waals surface area contributed by atoms with Crippen LogP contribution in [0.25, 0.3) is 0 Å². The Labute approximate surface area is 85.0 Å². The molecule has 2 saturated heterocycles. The first-order valence-electron chi connectivity index (χ1n) is 5.52. The van der Waals surface area contributed by atoms with Crippen molar-refractivity contribution in [1.82, 2.24) is 9.80 Å². The van der Waals surface area contributed by atoms with Gasteiger partial charge < -0.3 is 10.6 Å². The van der Waals surface area contributed by atoms with Crippen molar-refractivity contribution in [1.29, 1.82) is 0 Å². The van der Waals surface area contributed by atoms with Crippen LogP contribution < -0.4 is 5.73 Å². The standard InChI is InChI=1S/C10H19N3O/c1-2-13(10(11)14)9-4-3-8-5-6-12(9)7-8/h8-9H,2-7H2,1H3,(H2,11,14). The Balaban J connectivity index is 2.05. The lowest BCUT2D eigenvalue weighted by molar-refractivity contribution is 0.0597. The minimum absolute atomic E-state index is 0.274. The number of piperidine rings is 1. The second-order valence-electron chi connectivity index (χ2n) is 4.33. The van der Waals surface area contributed by atoms with Crippen LogP contribution >= 0.6 is 0 Å². The van der Waals surface area contributed by atoms with Crippen molar-refractivity contribution in [2.45, 2.75) is 32.4 Å². The number of hydrogen-bond acceptors (Lipinski definition) is 2. The average Bonchev–Trinajstić information content (AvgIpc) is 2.53. The van der Waals surface area contributed by atoms with Crippen molar-refractivity contribution in [3.63, 3.8) is 0 Å². The van der Waals surface area contributed by atoms with Gasteiger partial charge in [0.1, 0.15) is 0 Å². The molecule has 4 nitrogen and oxygen atoms in total. The van der Waals surface area contributed by atoms with Gasteiger partial charge in [-0.05, 0) is 32.1 Å². The number of primary amides is 1. The van der Waals surface area contributed by atoms with Crippen LogP contribution in [0.2, 0.25) is 0 Å². The minimum atomic E-state index is -0.275. The number of hydrogen-bond donors (Lipinski definition) is 1. The van der Waals surface area contributed by atoms with Gasteiger partial charge in [-0.15, -0.1) is 0 Å². The lowest BCUT2D eigenvalue weighted by Crippen LogP contribution is -2.53. The molecule has 3 atom stereocenters. The van der Waals surface area contributed by atoms with Crippen molar-refractivity contribution < 1.29 is 4.79 Å². The van der Waals surface area contributed by atoms with Crippen molar-refractivity contribution >= 4 is 6.03 Å². The van der Waals surface area contributed by atoms with Crippen LogP contribution in [0.4, 0.5) is 4.79 Å². The molecular formula is C10H19N3O. The molecule has 2 bridgehead atoms. The van der Waals surface area contributed by atoms with Crippen LogP contribution in [-0.4, -0.2) is 41.6 Å². The molecule has 0 aromatic heterocycles. The largest absolute Gasteiger partial charge is 0.351 e. The van der Waals surface area contributed by atoms with Gasteiger partial charge in [0, 0.05) is 19.6 Å². The Kier molecular flexibility index (Phi) is 2.63. The fraction of sp³-hybridized carbons (Fsp3) is 0.900. The summed E-state index contributed by atoms with van der Waals surface area (Å²) in [6, 6.07) is -0.275. The van der Waals surface area contributed by atoms with Crippen LogP contribution in [0, 0.1) is 5.92 Å². The predicted molar refractivity (Wildman–Crippen MR) is 54.7 cm³/mol. The summed E-state index contributed by atoms with van der Waals surface area (Å²) in [7, 11) is 0. The SMILES string of the molecule is CCN(C(N)=O)C1CCC2CCN1C2. The topological polar surface area (TPSA) is 49.6 Å². The molecule has 0 saturated carbocycles. The van der Waals surface area contributed by atoms with Crippen LogP contribution in [0.15, 0.2) is 0 Å². The number of nitrogens with zero attached hydrogens (tertiary/aromatic N) is 2. The fourth-order valence-corrected chi connectivity index (χ4v) is 2.80. The molecule has 2 N–H and O–H groups in total. The van der Waals surface area contributed by atoms with Crippen LogP contribution in [0.3, 0.4) is 0 Å². The molecule has 14 heavy (non-hydrogen) atoms. The van der Waals surface area contributed by atoms with Gasteiger partial charge in [-0.25, -0.2) is 4.79 Å². The van der Waals surface area contributed by atoms with Gasteiger partial charge in [0.05, 0.1) is 6.17 Å². The highest BCUT2D eigenvalue weighted by Crippen LogP contribution is 2.32. The molecule has 2 rings (SSSR count). The predicted octanol–water partition coefficient (Wildman–Crippen LogP) is 0.829. The summed E-state index contributed by atoms with van der Waals surface area (Å²) in [4.78, 5) is 15.4. The molecule has 0 radical (unpaired) electrons. The monoisotopic (exact) mass is 197 g/mol. The first kappa shape index (κ1) is 9.77. The van der Waals surface area contributed by atoms with E-state index in [-0.39, 0.29) is 12.2 Å². The molecule has 0 spiro atoms. The van der Waals surface area contributed by atoms with Gasteiger partial charge in [0.2, 0.25) is 0 Å². The van der Waals surface area contributed by atoms with E-state index in [0.717, 1.165) is 32.0 Å². The highest BCUT2D eigenvalue weighted by molar-refractivity contribution is 5.72. The van der Waals surface area contributed by atoms with E-state index >= 15 is 0 Å². The quantitative estimate of drug-likeness (QED) is 0.712. The van der Waals surface area contributed by atoms with E-state index in [0.29, 0.717) is 0 Å². The number of amides is 2. The molecule has 2 aliphatic heterocycles. The summed E-state index contributed by atoms with van der Waals surface area (Å²) in [6.07, 6.45) is 3.93. The lowest BCUT2D eigenvalue weighted by atomic mass is 9.99. The molecule has 0 aromatic rings. The summed E-state index contributed by atoms with van der Waals surface area (Å²) in [5.74, 6) is 0.873. The summed E-state index contributed by atoms with van der Waals surface area (Å²) in [5, 5.41) is 0. The molecule has 4 heteroatoms. The number of nitrogens with two attached hydrogens (primary N) is 1. The van der Waals surface area contributed by atoms with Crippen LogP contribution in [0.5, 0.6) is 0 Å². The lowest BCUT2D eigenvalue weighted by Gasteiger charge is -2.39. The Hall–Kier alpha value is -0.770. The van der Waals surface area contributed by atoms with Gasteiger partial charge >= 0.3 is 6.03 Å². The van der Waals surface area contributed by atoms with Crippen molar-refractivity contribution in [3.8, 4) is 0 Å². The third-order valence-corrected chi connectivity index (χ3v) is 3.56. The summed E-state index contributed by atoms with van der Waals surface area (Å²) in [5.41, 5.74) is 5.37. The third kappa shape index (κ3) is 1.59. The van der Waals surface area contributed by atoms with Crippen molar-refractivity contribution in [2.24, 2.45) is 11.7 Å². The molecule has 2 heterocycles. The number of carbonyl (C=O) groups excluding carboxylic acids is 1. The van der Waals surface area contributed by atoms with Gasteiger partial charge in [-0.1, -0.05) is 0 Å². The molecule has 0 aliphatic carbocycles. The molecule has 0 aromatic carbocycles. The van der Waals surface area contributed by atoms with E-state index in [1.807, 2.05) is 6.92 Å². The highest BCUT2D eigenvalue weighted by Gasteiger charge is 2.37. The maximum absolute atomic E-state index is 11.2. The second-order valence-corrected chi connectivity index (χ2v) is 4.33. The average molecular weight is 197 g/mol. The highest BCUT2D eigenvalue weighted by atomic mass is 16.2. The van der Waals surface area contributed by atoms with E-state index in [4.69, 9.17) is 5.73 Å². The van der Waals surface area contributed by atoms with Gasteiger partial charge in [0.15, 0.2) is 0 Å². The Morgan fingerprint density at radius 1 is 1.50 bits per heavy atom. The number of fused-ring (bicyclic) bond motifs is 2. The summed E-state index contributed by atoms with van der Waals surface area (Å²) < 4.78 is 0. The molecule has 3 unspecified atom stereocenters. The van der Waals surface area contributed by atoms with Crippen LogP contribution in [0.1, 0.15) is 26.2 Å².